The molecule has 4 rings (SSSR count). The zero-order valence-corrected chi connectivity index (χ0v) is 23.8. The summed E-state index contributed by atoms with van der Waals surface area (Å²) in [5.74, 6) is 0.760. The summed E-state index contributed by atoms with van der Waals surface area (Å²) < 4.78 is 92.0. The summed E-state index contributed by atoms with van der Waals surface area (Å²) in [5.41, 5.74) is -0.101. The fourth-order valence-corrected chi connectivity index (χ4v) is 6.30. The third-order valence-corrected chi connectivity index (χ3v) is 8.84. The summed E-state index contributed by atoms with van der Waals surface area (Å²) in [4.78, 5) is 14.5. The van der Waals surface area contributed by atoms with Crippen LogP contribution in [0.1, 0.15) is 69.2 Å². The van der Waals surface area contributed by atoms with Crippen LogP contribution in [0.3, 0.4) is 0 Å². The van der Waals surface area contributed by atoms with Crippen molar-refractivity contribution < 1.29 is 40.6 Å². The van der Waals surface area contributed by atoms with Crippen LogP contribution in [-0.4, -0.2) is 42.2 Å². The van der Waals surface area contributed by atoms with Crippen molar-refractivity contribution in [2.75, 3.05) is 19.9 Å². The Hall–Kier alpha value is -2.56. The minimum absolute atomic E-state index is 0.0506. The van der Waals surface area contributed by atoms with Gasteiger partial charge in [-0.05, 0) is 90.8 Å². The molecule has 0 bridgehead atoms. The van der Waals surface area contributed by atoms with Crippen LogP contribution >= 0.6 is 11.8 Å². The van der Waals surface area contributed by atoms with Gasteiger partial charge in [0.05, 0.1) is 24.3 Å². The Kier molecular flexibility index (Phi) is 8.38. The molecule has 1 heterocycles. The van der Waals surface area contributed by atoms with Crippen LogP contribution in [0.4, 0.5) is 31.1 Å². The number of methoxy groups -OCH3 is 1. The molecule has 1 saturated heterocycles. The summed E-state index contributed by atoms with van der Waals surface area (Å²) in [7, 11) is 1.61. The Balaban J connectivity index is 1.71. The molecule has 1 aromatic rings. The Morgan fingerprint density at radius 1 is 1.07 bits per heavy atom. The van der Waals surface area contributed by atoms with Crippen molar-refractivity contribution in [3.05, 3.63) is 69.5 Å². The molecule has 3 atom stereocenters. The predicted molar refractivity (Wildman–Crippen MR) is 142 cm³/mol. The van der Waals surface area contributed by atoms with Gasteiger partial charge in [0, 0.05) is 11.8 Å². The third kappa shape index (κ3) is 6.34. The Morgan fingerprint density at radius 3 is 2.25 bits per heavy atom. The van der Waals surface area contributed by atoms with Crippen LogP contribution in [0.2, 0.25) is 0 Å². The largest absolute Gasteiger partial charge is 0.496 e. The quantitative estimate of drug-likeness (QED) is 0.311. The number of carbonyl (C=O) groups is 1. The fourth-order valence-electron chi connectivity index (χ4n) is 5.73. The lowest BCUT2D eigenvalue weighted by Gasteiger charge is -2.37. The van der Waals surface area contributed by atoms with Crippen LogP contribution in [0, 0.1) is 5.41 Å². The molecule has 220 valence electrons. The number of hydrogen-bond acceptors (Lipinski definition) is 4. The minimum atomic E-state index is -5.00. The van der Waals surface area contributed by atoms with Crippen molar-refractivity contribution in [3.8, 4) is 0 Å². The van der Waals surface area contributed by atoms with Gasteiger partial charge in [-0.15, -0.1) is 0 Å². The monoisotopic (exact) mass is 589 g/mol. The Morgan fingerprint density at radius 2 is 1.70 bits per heavy atom. The van der Waals surface area contributed by atoms with E-state index in [4.69, 9.17) is 9.47 Å². The molecule has 2 aliphatic carbocycles. The van der Waals surface area contributed by atoms with E-state index >= 15 is 0 Å². The van der Waals surface area contributed by atoms with Crippen LogP contribution in [0.5, 0.6) is 0 Å². The molecule has 0 aromatic heterocycles. The Labute approximate surface area is 234 Å². The average Bonchev–Trinajstić information content (AvgIpc) is 3.15. The Bertz CT molecular complexity index is 1210. The van der Waals surface area contributed by atoms with Gasteiger partial charge in [0.1, 0.15) is 11.9 Å². The number of hydrogen-bond donors (Lipinski definition) is 0. The van der Waals surface area contributed by atoms with Gasteiger partial charge < -0.3 is 9.47 Å². The molecule has 1 amide bonds. The third-order valence-electron chi connectivity index (χ3n) is 7.91. The zero-order valence-electron chi connectivity index (χ0n) is 23.0. The second-order valence-electron chi connectivity index (χ2n) is 11.3. The summed E-state index contributed by atoms with van der Waals surface area (Å²) in [5, 5.41) is 0.265. The van der Waals surface area contributed by atoms with E-state index in [-0.39, 0.29) is 28.8 Å². The first-order valence-corrected chi connectivity index (χ1v) is 14.3. The van der Waals surface area contributed by atoms with Crippen molar-refractivity contribution in [2.45, 2.75) is 76.2 Å². The number of allylic oxidation sites excluding steroid dienone is 3. The van der Waals surface area contributed by atoms with E-state index in [2.05, 4.69) is 19.9 Å². The molecule has 0 saturated carbocycles. The van der Waals surface area contributed by atoms with Crippen molar-refractivity contribution >= 4 is 17.9 Å². The van der Waals surface area contributed by atoms with Crippen LogP contribution < -0.4 is 0 Å². The molecular formula is C29H33F6NO3S. The van der Waals surface area contributed by atoms with E-state index in [0.717, 1.165) is 41.7 Å². The molecule has 1 aromatic carbocycles. The van der Waals surface area contributed by atoms with Gasteiger partial charge in [-0.2, -0.15) is 38.1 Å². The fraction of sp³-hybridized carbons (Fsp3) is 0.552. The molecule has 4 nitrogen and oxygen atoms in total. The SMILES string of the molecule is COC1=C(C2=C(CN3C(=O)O[C@H](c4cc(C(F)(F)F)cc(C(F)(F)F)c4)[C@@H]3C)CC(C)(C)CC2)CC(SC)C=C1. The molecule has 3 aliphatic rings. The number of cyclic esters (lactones) is 1. The normalized spacial score (nSPS) is 25.5. The van der Waals surface area contributed by atoms with Crippen molar-refractivity contribution in [2.24, 2.45) is 5.41 Å². The lowest BCUT2D eigenvalue weighted by molar-refractivity contribution is -0.143. The highest BCUT2D eigenvalue weighted by molar-refractivity contribution is 7.99. The summed E-state index contributed by atoms with van der Waals surface area (Å²) in [6.45, 7) is 6.02. The minimum Gasteiger partial charge on any atom is -0.496 e. The average molecular weight is 590 g/mol. The van der Waals surface area contributed by atoms with Gasteiger partial charge in [-0.3, -0.25) is 4.90 Å². The molecular weight excluding hydrogens is 556 g/mol. The number of carbonyl (C=O) groups excluding carboxylic acids is 1. The molecule has 40 heavy (non-hydrogen) atoms. The van der Waals surface area contributed by atoms with Crippen molar-refractivity contribution in [3.63, 3.8) is 0 Å². The molecule has 11 heteroatoms. The number of rotatable bonds is 6. The lowest BCUT2D eigenvalue weighted by Crippen LogP contribution is -2.36. The molecule has 0 spiro atoms. The van der Waals surface area contributed by atoms with E-state index in [9.17, 15) is 31.1 Å². The van der Waals surface area contributed by atoms with E-state index in [0.29, 0.717) is 18.6 Å². The highest BCUT2D eigenvalue weighted by atomic mass is 32.2. The molecule has 1 aliphatic heterocycles. The van der Waals surface area contributed by atoms with Crippen LogP contribution in [0.25, 0.3) is 0 Å². The first kappa shape index (κ1) is 30.4. The highest BCUT2D eigenvalue weighted by Gasteiger charge is 2.44. The summed E-state index contributed by atoms with van der Waals surface area (Å²) in [6, 6.07) is 0.547. The highest BCUT2D eigenvalue weighted by Crippen LogP contribution is 2.46. The maximum Gasteiger partial charge on any atom is 0.416 e. The smallest absolute Gasteiger partial charge is 0.416 e. The molecule has 1 unspecified atom stereocenters. The van der Waals surface area contributed by atoms with E-state index in [1.807, 2.05) is 12.3 Å². The van der Waals surface area contributed by atoms with Gasteiger partial charge in [0.25, 0.3) is 0 Å². The van der Waals surface area contributed by atoms with Crippen molar-refractivity contribution in [1.82, 2.24) is 4.90 Å². The maximum absolute atomic E-state index is 13.5. The summed E-state index contributed by atoms with van der Waals surface area (Å²) >= 11 is 1.72. The van der Waals surface area contributed by atoms with E-state index in [1.165, 1.54) is 4.90 Å². The van der Waals surface area contributed by atoms with Crippen molar-refractivity contribution in [1.29, 1.82) is 0 Å². The molecule has 0 radical (unpaired) electrons. The van der Waals surface area contributed by atoms with Crippen LogP contribution in [-0.2, 0) is 21.8 Å². The number of thioether (sulfide) groups is 1. The summed E-state index contributed by atoms with van der Waals surface area (Å²) in [6.07, 6.45) is -2.84. The second kappa shape index (κ2) is 11.0. The number of amides is 1. The second-order valence-corrected chi connectivity index (χ2v) is 12.4. The van der Waals surface area contributed by atoms with Gasteiger partial charge >= 0.3 is 18.4 Å². The zero-order chi connectivity index (χ0) is 29.6. The van der Waals surface area contributed by atoms with Gasteiger partial charge in [0.15, 0.2) is 0 Å². The van der Waals surface area contributed by atoms with Gasteiger partial charge in [-0.25, -0.2) is 4.79 Å². The number of halogens is 6. The molecule has 0 N–H and O–H groups in total. The topological polar surface area (TPSA) is 38.8 Å². The maximum atomic E-state index is 13.5. The first-order chi connectivity index (χ1) is 18.5. The first-order valence-electron chi connectivity index (χ1n) is 13.0. The van der Waals surface area contributed by atoms with Crippen LogP contribution in [0.15, 0.2) is 52.8 Å². The van der Waals surface area contributed by atoms with E-state index < -0.39 is 41.7 Å². The van der Waals surface area contributed by atoms with Gasteiger partial charge in [-0.1, -0.05) is 19.9 Å². The number of benzene rings is 1. The molecule has 1 fully saturated rings. The number of ether oxygens (including phenoxy) is 2. The number of nitrogens with zero attached hydrogens (tertiary/aromatic N) is 1. The van der Waals surface area contributed by atoms with Gasteiger partial charge in [0.2, 0.25) is 0 Å². The predicted octanol–water partition coefficient (Wildman–Crippen LogP) is 8.70. The standard InChI is InChI=1S/C29H33F6NO3S/c1-16-25(17-10-19(28(30,31)32)12-20(11-17)29(33,34)35)39-26(37)36(16)15-18-14-27(2,3)9-8-22(18)23-13-21(40-5)6-7-24(23)38-4/h6-7,10-12,16,21,25H,8-9,13-15H2,1-5H3/t16-,21?,25-/m0/s1. The lowest BCUT2D eigenvalue weighted by atomic mass is 9.71. The number of alkyl halides is 6. The van der Waals surface area contributed by atoms with E-state index in [1.54, 1.807) is 25.8 Å².